The minimum atomic E-state index is -0.387. The van der Waals surface area contributed by atoms with Crippen LogP contribution in [0.1, 0.15) is 29.8 Å². The largest absolute Gasteiger partial charge is 0.508 e. The first-order chi connectivity index (χ1) is 7.85. The van der Waals surface area contributed by atoms with E-state index in [2.05, 4.69) is 5.32 Å². The molecule has 1 aromatic carbocycles. The minimum Gasteiger partial charge on any atom is -0.508 e. The van der Waals surface area contributed by atoms with Crippen molar-refractivity contribution in [3.63, 3.8) is 0 Å². The van der Waals surface area contributed by atoms with Crippen molar-refractivity contribution in [2.75, 3.05) is 13.7 Å². The summed E-state index contributed by atoms with van der Waals surface area (Å²) in [7, 11) is 1.61. The quantitative estimate of drug-likeness (QED) is 0.840. The number of benzene rings is 1. The van der Waals surface area contributed by atoms with Crippen molar-refractivity contribution in [3.05, 3.63) is 29.3 Å². The summed E-state index contributed by atoms with van der Waals surface area (Å²) in [6.45, 7) is 5.98. The first kappa shape index (κ1) is 13.5. The Morgan fingerprint density at radius 3 is 2.65 bits per heavy atom. The van der Waals surface area contributed by atoms with Crippen LogP contribution in [0.15, 0.2) is 18.2 Å². The van der Waals surface area contributed by atoms with Crippen LogP contribution in [0.2, 0.25) is 0 Å². The van der Waals surface area contributed by atoms with E-state index in [-0.39, 0.29) is 17.3 Å². The van der Waals surface area contributed by atoms with Crippen molar-refractivity contribution < 1.29 is 14.6 Å². The Morgan fingerprint density at radius 1 is 1.47 bits per heavy atom. The molecule has 0 bridgehead atoms. The molecule has 94 valence electrons. The molecular formula is C13H19NO3. The number of carbonyl (C=O) groups is 1. The highest BCUT2D eigenvalue weighted by atomic mass is 16.5. The zero-order chi connectivity index (χ0) is 13.1. The average molecular weight is 237 g/mol. The SMILES string of the molecule is COC(C)(C)CNC(=O)c1ccc(O)c(C)c1. The number of nitrogens with one attached hydrogen (secondary N) is 1. The van der Waals surface area contributed by atoms with Gasteiger partial charge < -0.3 is 15.2 Å². The van der Waals surface area contributed by atoms with Gasteiger partial charge in [-0.3, -0.25) is 4.79 Å². The average Bonchev–Trinajstić information content (AvgIpc) is 2.30. The molecule has 17 heavy (non-hydrogen) atoms. The first-order valence-corrected chi connectivity index (χ1v) is 5.49. The monoisotopic (exact) mass is 237 g/mol. The summed E-state index contributed by atoms with van der Waals surface area (Å²) in [4.78, 5) is 11.8. The van der Waals surface area contributed by atoms with Gasteiger partial charge >= 0.3 is 0 Å². The number of phenolic OH excluding ortho intramolecular Hbond substituents is 1. The molecule has 2 N–H and O–H groups in total. The molecule has 0 aromatic heterocycles. The molecule has 0 spiro atoms. The summed E-state index contributed by atoms with van der Waals surface area (Å²) >= 11 is 0. The lowest BCUT2D eigenvalue weighted by molar-refractivity contribution is 0.0229. The molecule has 0 radical (unpaired) electrons. The normalized spacial score (nSPS) is 11.3. The summed E-state index contributed by atoms with van der Waals surface area (Å²) in [5.41, 5.74) is 0.831. The maximum Gasteiger partial charge on any atom is 0.251 e. The Bertz CT molecular complexity index is 413. The number of aromatic hydroxyl groups is 1. The Hall–Kier alpha value is -1.55. The number of amides is 1. The molecule has 0 aliphatic rings. The molecule has 1 amide bonds. The number of hydrogen-bond acceptors (Lipinski definition) is 3. The number of hydrogen-bond donors (Lipinski definition) is 2. The molecule has 0 fully saturated rings. The van der Waals surface area contributed by atoms with Gasteiger partial charge in [0.2, 0.25) is 0 Å². The number of rotatable bonds is 4. The summed E-state index contributed by atoms with van der Waals surface area (Å²) in [5, 5.41) is 12.2. The fraction of sp³-hybridized carbons (Fsp3) is 0.462. The fourth-order valence-corrected chi connectivity index (χ4v) is 1.26. The maximum absolute atomic E-state index is 11.8. The van der Waals surface area contributed by atoms with Gasteiger partial charge in [-0.2, -0.15) is 0 Å². The van der Waals surface area contributed by atoms with E-state index in [0.717, 1.165) is 0 Å². The van der Waals surface area contributed by atoms with E-state index in [0.29, 0.717) is 17.7 Å². The van der Waals surface area contributed by atoms with Gasteiger partial charge in [-0.05, 0) is 44.5 Å². The van der Waals surface area contributed by atoms with Crippen molar-refractivity contribution in [1.82, 2.24) is 5.32 Å². The molecule has 0 aliphatic carbocycles. The highest BCUT2D eigenvalue weighted by Crippen LogP contribution is 2.17. The van der Waals surface area contributed by atoms with E-state index in [4.69, 9.17) is 4.74 Å². The second-order valence-corrected chi connectivity index (χ2v) is 4.65. The standard InChI is InChI=1S/C13H19NO3/c1-9-7-10(5-6-11(9)15)12(16)14-8-13(2,3)17-4/h5-7,15H,8H2,1-4H3,(H,14,16). The van der Waals surface area contributed by atoms with Crippen LogP contribution in [0.4, 0.5) is 0 Å². The fourth-order valence-electron chi connectivity index (χ4n) is 1.26. The summed E-state index contributed by atoms with van der Waals surface area (Å²) in [5.74, 6) is 0.0250. The third kappa shape index (κ3) is 3.75. The van der Waals surface area contributed by atoms with E-state index >= 15 is 0 Å². The Balaban J connectivity index is 2.68. The van der Waals surface area contributed by atoms with Crippen molar-refractivity contribution in [2.24, 2.45) is 0 Å². The Morgan fingerprint density at radius 2 is 2.12 bits per heavy atom. The van der Waals surface area contributed by atoms with Crippen molar-refractivity contribution in [3.8, 4) is 5.75 Å². The van der Waals surface area contributed by atoms with Crippen LogP contribution in [-0.4, -0.2) is 30.3 Å². The molecule has 4 heteroatoms. The van der Waals surface area contributed by atoms with Crippen LogP contribution in [0, 0.1) is 6.92 Å². The van der Waals surface area contributed by atoms with Crippen LogP contribution in [-0.2, 0) is 4.74 Å². The van der Waals surface area contributed by atoms with Gasteiger partial charge in [0.1, 0.15) is 5.75 Å². The number of methoxy groups -OCH3 is 1. The molecule has 1 aromatic rings. The van der Waals surface area contributed by atoms with Crippen molar-refractivity contribution >= 4 is 5.91 Å². The highest BCUT2D eigenvalue weighted by Gasteiger charge is 2.18. The third-order valence-corrected chi connectivity index (χ3v) is 2.69. The maximum atomic E-state index is 11.8. The van der Waals surface area contributed by atoms with Crippen LogP contribution in [0.5, 0.6) is 5.75 Å². The van der Waals surface area contributed by atoms with Gasteiger partial charge in [0, 0.05) is 19.2 Å². The summed E-state index contributed by atoms with van der Waals surface area (Å²) in [6.07, 6.45) is 0. The van der Waals surface area contributed by atoms with E-state index in [1.807, 2.05) is 13.8 Å². The zero-order valence-corrected chi connectivity index (χ0v) is 10.7. The van der Waals surface area contributed by atoms with Gasteiger partial charge in [0.15, 0.2) is 0 Å². The van der Waals surface area contributed by atoms with Crippen molar-refractivity contribution in [2.45, 2.75) is 26.4 Å². The van der Waals surface area contributed by atoms with Gasteiger partial charge in [0.05, 0.1) is 5.60 Å². The molecule has 0 unspecified atom stereocenters. The predicted molar refractivity (Wildman–Crippen MR) is 66.3 cm³/mol. The lowest BCUT2D eigenvalue weighted by Crippen LogP contribution is -2.39. The predicted octanol–water partition coefficient (Wildman–Crippen LogP) is 1.86. The molecule has 0 saturated heterocycles. The van der Waals surface area contributed by atoms with E-state index in [1.165, 1.54) is 6.07 Å². The molecule has 0 heterocycles. The number of ether oxygens (including phenoxy) is 1. The summed E-state index contributed by atoms with van der Waals surface area (Å²) < 4.78 is 5.21. The van der Waals surface area contributed by atoms with Crippen LogP contribution < -0.4 is 5.32 Å². The molecule has 0 saturated carbocycles. The first-order valence-electron chi connectivity index (χ1n) is 5.49. The van der Waals surface area contributed by atoms with Gasteiger partial charge in [-0.25, -0.2) is 0 Å². The van der Waals surface area contributed by atoms with Gasteiger partial charge in [-0.15, -0.1) is 0 Å². The molecular weight excluding hydrogens is 218 g/mol. The molecule has 0 atom stereocenters. The second-order valence-electron chi connectivity index (χ2n) is 4.65. The zero-order valence-electron chi connectivity index (χ0n) is 10.7. The van der Waals surface area contributed by atoms with Crippen LogP contribution in [0.3, 0.4) is 0 Å². The smallest absolute Gasteiger partial charge is 0.251 e. The molecule has 4 nitrogen and oxygen atoms in total. The summed E-state index contributed by atoms with van der Waals surface area (Å²) in [6, 6.07) is 4.77. The molecule has 1 rings (SSSR count). The minimum absolute atomic E-state index is 0.168. The Kier molecular flexibility index (Phi) is 4.12. The molecule has 0 aliphatic heterocycles. The van der Waals surface area contributed by atoms with Crippen LogP contribution in [0.25, 0.3) is 0 Å². The van der Waals surface area contributed by atoms with Gasteiger partial charge in [-0.1, -0.05) is 0 Å². The lowest BCUT2D eigenvalue weighted by Gasteiger charge is -2.23. The number of phenols is 1. The van der Waals surface area contributed by atoms with E-state index in [1.54, 1.807) is 26.2 Å². The van der Waals surface area contributed by atoms with E-state index < -0.39 is 0 Å². The van der Waals surface area contributed by atoms with Crippen molar-refractivity contribution in [1.29, 1.82) is 0 Å². The topological polar surface area (TPSA) is 58.6 Å². The third-order valence-electron chi connectivity index (χ3n) is 2.69. The van der Waals surface area contributed by atoms with Crippen LogP contribution >= 0.6 is 0 Å². The Labute approximate surface area is 102 Å². The second kappa shape index (κ2) is 5.19. The lowest BCUT2D eigenvalue weighted by atomic mass is 10.1. The van der Waals surface area contributed by atoms with E-state index in [9.17, 15) is 9.90 Å². The van der Waals surface area contributed by atoms with Gasteiger partial charge in [0.25, 0.3) is 5.91 Å². The number of carbonyl (C=O) groups excluding carboxylic acids is 1. The number of aryl methyl sites for hydroxylation is 1. The highest BCUT2D eigenvalue weighted by molar-refractivity contribution is 5.94.